The lowest BCUT2D eigenvalue weighted by atomic mass is 10.1. The van der Waals surface area contributed by atoms with Crippen LogP contribution in [0.15, 0.2) is 16.6 Å². The SMILES string of the molecule is COC(=O)CCCN1Cc2cc(N)c(Br)cc2C1=O. The molecule has 1 aliphatic heterocycles. The molecule has 1 amide bonds. The monoisotopic (exact) mass is 326 g/mol. The van der Waals surface area contributed by atoms with E-state index in [2.05, 4.69) is 20.7 Å². The lowest BCUT2D eigenvalue weighted by Crippen LogP contribution is -2.25. The lowest BCUT2D eigenvalue weighted by Gasteiger charge is -2.14. The first-order valence-corrected chi connectivity index (χ1v) is 6.76. The zero-order valence-corrected chi connectivity index (χ0v) is 12.2. The minimum Gasteiger partial charge on any atom is -0.469 e. The minimum absolute atomic E-state index is 0.0134. The zero-order chi connectivity index (χ0) is 14.0. The number of ether oxygens (including phenoxy) is 1. The van der Waals surface area contributed by atoms with Gasteiger partial charge in [0.2, 0.25) is 0 Å². The third kappa shape index (κ3) is 2.89. The number of anilines is 1. The number of carbonyl (C=O) groups excluding carboxylic acids is 2. The molecule has 0 radical (unpaired) electrons. The topological polar surface area (TPSA) is 72.6 Å². The number of amides is 1. The van der Waals surface area contributed by atoms with Gasteiger partial charge in [0.15, 0.2) is 0 Å². The van der Waals surface area contributed by atoms with Crippen LogP contribution >= 0.6 is 15.9 Å². The number of fused-ring (bicyclic) bond motifs is 1. The fourth-order valence-electron chi connectivity index (χ4n) is 2.11. The highest BCUT2D eigenvalue weighted by molar-refractivity contribution is 9.10. The summed E-state index contributed by atoms with van der Waals surface area (Å²) in [6, 6.07) is 3.57. The smallest absolute Gasteiger partial charge is 0.305 e. The van der Waals surface area contributed by atoms with Crippen molar-refractivity contribution < 1.29 is 14.3 Å². The summed E-state index contributed by atoms with van der Waals surface area (Å²) in [5.41, 5.74) is 8.05. The molecule has 6 heteroatoms. The fourth-order valence-corrected chi connectivity index (χ4v) is 2.46. The van der Waals surface area contributed by atoms with E-state index in [1.165, 1.54) is 7.11 Å². The maximum absolute atomic E-state index is 12.2. The van der Waals surface area contributed by atoms with Crippen molar-refractivity contribution in [2.45, 2.75) is 19.4 Å². The van der Waals surface area contributed by atoms with Crippen LogP contribution in [0.25, 0.3) is 0 Å². The van der Waals surface area contributed by atoms with Crippen molar-refractivity contribution >= 4 is 33.5 Å². The van der Waals surface area contributed by atoms with E-state index >= 15 is 0 Å². The molecular weight excluding hydrogens is 312 g/mol. The molecule has 5 nitrogen and oxygen atoms in total. The number of rotatable bonds is 4. The fraction of sp³-hybridized carbons (Fsp3) is 0.385. The molecule has 19 heavy (non-hydrogen) atoms. The van der Waals surface area contributed by atoms with E-state index in [0.717, 1.165) is 10.0 Å². The third-order valence-corrected chi connectivity index (χ3v) is 3.82. The summed E-state index contributed by atoms with van der Waals surface area (Å²) < 4.78 is 5.30. The molecule has 0 saturated carbocycles. The number of nitrogens with two attached hydrogens (primary N) is 1. The molecule has 2 rings (SSSR count). The summed E-state index contributed by atoms with van der Waals surface area (Å²) in [5, 5.41) is 0. The average Bonchev–Trinajstić information content (AvgIpc) is 2.67. The van der Waals surface area contributed by atoms with Gasteiger partial charge in [-0.2, -0.15) is 0 Å². The van der Waals surface area contributed by atoms with Crippen molar-refractivity contribution in [2.24, 2.45) is 0 Å². The van der Waals surface area contributed by atoms with Gasteiger partial charge >= 0.3 is 5.97 Å². The van der Waals surface area contributed by atoms with Crippen molar-refractivity contribution in [1.82, 2.24) is 4.90 Å². The molecule has 0 aromatic heterocycles. The van der Waals surface area contributed by atoms with E-state index < -0.39 is 0 Å². The molecule has 0 fully saturated rings. The number of benzene rings is 1. The Morgan fingerprint density at radius 2 is 2.26 bits per heavy atom. The van der Waals surface area contributed by atoms with Crippen LogP contribution in [0.4, 0.5) is 5.69 Å². The molecule has 0 aliphatic carbocycles. The standard InChI is InChI=1S/C13H15BrN2O3/c1-19-12(17)3-2-4-16-7-8-5-11(15)10(14)6-9(8)13(16)18/h5-6H,2-4,7,15H2,1H3. The van der Waals surface area contributed by atoms with Gasteiger partial charge in [-0.3, -0.25) is 9.59 Å². The Hall–Kier alpha value is -1.56. The maximum Gasteiger partial charge on any atom is 0.305 e. The number of hydrogen-bond donors (Lipinski definition) is 1. The van der Waals surface area contributed by atoms with E-state index in [-0.39, 0.29) is 11.9 Å². The van der Waals surface area contributed by atoms with Crippen LogP contribution in [0.3, 0.4) is 0 Å². The lowest BCUT2D eigenvalue weighted by molar-refractivity contribution is -0.140. The van der Waals surface area contributed by atoms with E-state index in [4.69, 9.17) is 5.73 Å². The van der Waals surface area contributed by atoms with Gasteiger partial charge in [-0.1, -0.05) is 0 Å². The highest BCUT2D eigenvalue weighted by Gasteiger charge is 2.27. The number of halogens is 1. The highest BCUT2D eigenvalue weighted by Crippen LogP contribution is 2.30. The molecule has 0 saturated heterocycles. The number of carbonyl (C=O) groups is 2. The van der Waals surface area contributed by atoms with Gasteiger partial charge in [0.25, 0.3) is 5.91 Å². The summed E-state index contributed by atoms with van der Waals surface area (Å²) in [7, 11) is 1.36. The van der Waals surface area contributed by atoms with Crippen LogP contribution in [0.1, 0.15) is 28.8 Å². The Morgan fingerprint density at radius 1 is 1.53 bits per heavy atom. The molecule has 102 valence electrons. The minimum atomic E-state index is -0.254. The first-order chi connectivity index (χ1) is 9.02. The largest absolute Gasteiger partial charge is 0.469 e. The molecular formula is C13H15BrN2O3. The van der Waals surface area contributed by atoms with Crippen LogP contribution < -0.4 is 5.73 Å². The predicted molar refractivity (Wildman–Crippen MR) is 74.5 cm³/mol. The van der Waals surface area contributed by atoms with Crippen molar-refractivity contribution in [1.29, 1.82) is 0 Å². The Labute approximate surface area is 119 Å². The van der Waals surface area contributed by atoms with Crippen molar-refractivity contribution in [3.8, 4) is 0 Å². The molecule has 1 aromatic rings. The van der Waals surface area contributed by atoms with Crippen LogP contribution in [0, 0.1) is 0 Å². The van der Waals surface area contributed by atoms with E-state index in [1.807, 2.05) is 6.07 Å². The second-order valence-electron chi connectivity index (χ2n) is 4.44. The summed E-state index contributed by atoms with van der Waals surface area (Å²) in [6.45, 7) is 1.09. The Morgan fingerprint density at radius 3 is 2.95 bits per heavy atom. The number of methoxy groups -OCH3 is 1. The van der Waals surface area contributed by atoms with Gasteiger partial charge in [0.1, 0.15) is 0 Å². The van der Waals surface area contributed by atoms with E-state index in [1.54, 1.807) is 11.0 Å². The normalized spacial score (nSPS) is 13.6. The molecule has 0 unspecified atom stereocenters. The molecule has 1 aliphatic rings. The number of nitrogens with zero attached hydrogens (tertiary/aromatic N) is 1. The molecule has 2 N–H and O–H groups in total. The quantitative estimate of drug-likeness (QED) is 0.678. The van der Waals surface area contributed by atoms with Crippen molar-refractivity contribution in [3.05, 3.63) is 27.7 Å². The summed E-state index contributed by atoms with van der Waals surface area (Å²) in [5.74, 6) is -0.267. The average molecular weight is 327 g/mol. The second kappa shape index (κ2) is 5.61. The molecule has 0 bridgehead atoms. The van der Waals surface area contributed by atoms with Gasteiger partial charge < -0.3 is 15.4 Å². The zero-order valence-electron chi connectivity index (χ0n) is 10.6. The van der Waals surface area contributed by atoms with Gasteiger partial charge in [-0.05, 0) is 40.0 Å². The van der Waals surface area contributed by atoms with Crippen molar-refractivity contribution in [2.75, 3.05) is 19.4 Å². The van der Waals surface area contributed by atoms with Crippen LogP contribution in [-0.4, -0.2) is 30.4 Å². The third-order valence-electron chi connectivity index (χ3n) is 3.14. The van der Waals surface area contributed by atoms with Gasteiger partial charge in [-0.15, -0.1) is 0 Å². The maximum atomic E-state index is 12.2. The van der Waals surface area contributed by atoms with Crippen LogP contribution in [0.5, 0.6) is 0 Å². The highest BCUT2D eigenvalue weighted by atomic mass is 79.9. The van der Waals surface area contributed by atoms with Gasteiger partial charge in [0.05, 0.1) is 7.11 Å². The van der Waals surface area contributed by atoms with E-state index in [0.29, 0.717) is 37.2 Å². The summed E-state index contributed by atoms with van der Waals surface area (Å²) in [4.78, 5) is 24.9. The van der Waals surface area contributed by atoms with Crippen molar-refractivity contribution in [3.63, 3.8) is 0 Å². The summed E-state index contributed by atoms with van der Waals surface area (Å²) >= 11 is 3.32. The number of nitrogen functional groups attached to an aromatic ring is 1. The first-order valence-electron chi connectivity index (χ1n) is 5.97. The van der Waals surface area contributed by atoms with Crippen LogP contribution in [0.2, 0.25) is 0 Å². The molecule has 1 heterocycles. The van der Waals surface area contributed by atoms with Crippen LogP contribution in [-0.2, 0) is 16.1 Å². The summed E-state index contributed by atoms with van der Waals surface area (Å²) in [6.07, 6.45) is 0.922. The second-order valence-corrected chi connectivity index (χ2v) is 5.29. The van der Waals surface area contributed by atoms with Gasteiger partial charge in [-0.25, -0.2) is 0 Å². The van der Waals surface area contributed by atoms with Gasteiger partial charge in [0, 0.05) is 35.2 Å². The number of esters is 1. The predicted octanol–water partition coefficient (Wildman–Crippen LogP) is 1.94. The Bertz CT molecular complexity index is 531. The molecule has 0 spiro atoms. The first kappa shape index (κ1) is 13.9. The Balaban J connectivity index is 2.01. The van der Waals surface area contributed by atoms with E-state index in [9.17, 15) is 9.59 Å². The number of hydrogen-bond acceptors (Lipinski definition) is 4. The molecule has 1 aromatic carbocycles. The Kier molecular flexibility index (Phi) is 4.09. The molecule has 0 atom stereocenters.